The Bertz CT molecular complexity index is 461. The fourth-order valence-corrected chi connectivity index (χ4v) is 3.25. The number of hydrogen-bond donors (Lipinski definition) is 2. The van der Waals surface area contributed by atoms with E-state index in [9.17, 15) is 4.39 Å². The van der Waals surface area contributed by atoms with E-state index < -0.39 is 0 Å². The van der Waals surface area contributed by atoms with Gasteiger partial charge in [0.2, 0.25) is 0 Å². The van der Waals surface area contributed by atoms with Crippen molar-refractivity contribution >= 4 is 17.3 Å². The minimum absolute atomic E-state index is 0.0651. The van der Waals surface area contributed by atoms with Crippen LogP contribution in [0.5, 0.6) is 0 Å². The molecule has 0 heterocycles. The molecule has 1 aromatic rings. The molecule has 1 atom stereocenters. The number of halogens is 2. The van der Waals surface area contributed by atoms with Gasteiger partial charge in [0, 0.05) is 6.54 Å². The van der Waals surface area contributed by atoms with E-state index in [-0.39, 0.29) is 16.8 Å². The van der Waals surface area contributed by atoms with Gasteiger partial charge in [0.15, 0.2) is 0 Å². The van der Waals surface area contributed by atoms with Crippen molar-refractivity contribution in [3.63, 3.8) is 0 Å². The summed E-state index contributed by atoms with van der Waals surface area (Å²) in [5.74, 6) is -0.285. The Morgan fingerprint density at radius 2 is 2.00 bits per heavy atom. The number of hydrogen-bond acceptors (Lipinski definition) is 2. The third-order valence-electron chi connectivity index (χ3n) is 4.60. The summed E-state index contributed by atoms with van der Waals surface area (Å²) in [6.45, 7) is 4.96. The summed E-state index contributed by atoms with van der Waals surface area (Å²) < 4.78 is 13.4. The van der Waals surface area contributed by atoms with Crippen LogP contribution in [0.1, 0.15) is 39.5 Å². The smallest absolute Gasteiger partial charge is 0.125 e. The first-order chi connectivity index (χ1) is 8.90. The lowest BCUT2D eigenvalue weighted by Gasteiger charge is -2.51. The molecule has 4 heteroatoms. The maximum Gasteiger partial charge on any atom is 0.125 e. The van der Waals surface area contributed by atoms with Crippen molar-refractivity contribution in [2.75, 3.05) is 11.9 Å². The lowest BCUT2D eigenvalue weighted by Crippen LogP contribution is -2.58. The molecular formula is C15H22ClFN2. The van der Waals surface area contributed by atoms with Crippen LogP contribution >= 0.6 is 11.6 Å². The summed E-state index contributed by atoms with van der Waals surface area (Å²) in [4.78, 5) is 0. The summed E-state index contributed by atoms with van der Waals surface area (Å²) in [6.07, 6.45) is 4.46. The van der Waals surface area contributed by atoms with Crippen LogP contribution in [0.2, 0.25) is 5.02 Å². The van der Waals surface area contributed by atoms with E-state index in [4.69, 9.17) is 17.3 Å². The minimum atomic E-state index is -0.285. The normalized spacial score (nSPS) is 26.2. The molecule has 2 nitrogen and oxygen atoms in total. The van der Waals surface area contributed by atoms with Gasteiger partial charge >= 0.3 is 0 Å². The van der Waals surface area contributed by atoms with Crippen molar-refractivity contribution < 1.29 is 4.39 Å². The van der Waals surface area contributed by atoms with E-state index in [0.717, 1.165) is 19.3 Å². The van der Waals surface area contributed by atoms with E-state index >= 15 is 0 Å². The average molecular weight is 285 g/mol. The van der Waals surface area contributed by atoms with Crippen LogP contribution < -0.4 is 11.1 Å². The van der Waals surface area contributed by atoms with Crippen LogP contribution in [0.4, 0.5) is 10.1 Å². The first kappa shape index (κ1) is 14.6. The second-order valence-electron chi connectivity index (χ2n) is 6.13. The zero-order valence-corrected chi connectivity index (χ0v) is 12.4. The standard InChI is InChI=1S/C15H22ClFN2/c1-14(2)7-3-4-8-15(14,10-18)19-13-9-11(17)5-6-12(13)16/h5-6,9,19H,3-4,7-8,10,18H2,1-2H3. The molecule has 19 heavy (non-hydrogen) atoms. The summed E-state index contributed by atoms with van der Waals surface area (Å²) in [7, 11) is 0. The molecule has 1 aliphatic carbocycles. The highest BCUT2D eigenvalue weighted by molar-refractivity contribution is 6.33. The molecule has 1 saturated carbocycles. The Labute approximate surface area is 119 Å². The second-order valence-corrected chi connectivity index (χ2v) is 6.53. The van der Waals surface area contributed by atoms with Crippen LogP contribution in [-0.2, 0) is 0 Å². The zero-order chi connectivity index (χ0) is 14.1. The van der Waals surface area contributed by atoms with Crippen LogP contribution in [0.25, 0.3) is 0 Å². The Balaban J connectivity index is 2.34. The van der Waals surface area contributed by atoms with Crippen LogP contribution in [0.15, 0.2) is 18.2 Å². The maximum atomic E-state index is 13.4. The third-order valence-corrected chi connectivity index (χ3v) is 4.93. The molecule has 0 saturated heterocycles. The van der Waals surface area contributed by atoms with Crippen molar-refractivity contribution in [1.29, 1.82) is 0 Å². The summed E-state index contributed by atoms with van der Waals surface area (Å²) in [5, 5.41) is 3.98. The van der Waals surface area contributed by atoms with Crippen molar-refractivity contribution in [2.45, 2.75) is 45.1 Å². The summed E-state index contributed by atoms with van der Waals surface area (Å²) >= 11 is 6.16. The molecular weight excluding hydrogens is 263 g/mol. The molecule has 106 valence electrons. The van der Waals surface area contributed by atoms with Gasteiger partial charge in [-0.05, 0) is 36.5 Å². The molecule has 0 aromatic heterocycles. The van der Waals surface area contributed by atoms with E-state index in [1.807, 2.05) is 0 Å². The van der Waals surface area contributed by atoms with Crippen molar-refractivity contribution in [2.24, 2.45) is 11.1 Å². The molecule has 1 fully saturated rings. The zero-order valence-electron chi connectivity index (χ0n) is 11.6. The molecule has 0 spiro atoms. The highest BCUT2D eigenvalue weighted by atomic mass is 35.5. The molecule has 2 rings (SSSR count). The Hall–Kier alpha value is -0.800. The first-order valence-electron chi connectivity index (χ1n) is 6.83. The van der Waals surface area contributed by atoms with Gasteiger partial charge in [-0.2, -0.15) is 0 Å². The molecule has 0 amide bonds. The lowest BCUT2D eigenvalue weighted by molar-refractivity contribution is 0.125. The van der Waals surface area contributed by atoms with Gasteiger partial charge in [0.05, 0.1) is 16.2 Å². The highest BCUT2D eigenvalue weighted by Gasteiger charge is 2.45. The highest BCUT2D eigenvalue weighted by Crippen LogP contribution is 2.45. The largest absolute Gasteiger partial charge is 0.377 e. The van der Waals surface area contributed by atoms with Crippen molar-refractivity contribution in [1.82, 2.24) is 0 Å². The van der Waals surface area contributed by atoms with Gasteiger partial charge in [-0.15, -0.1) is 0 Å². The molecule has 1 aliphatic rings. The maximum absolute atomic E-state index is 13.4. The Morgan fingerprint density at radius 1 is 1.32 bits per heavy atom. The number of anilines is 1. The molecule has 0 radical (unpaired) electrons. The molecule has 0 aliphatic heterocycles. The Morgan fingerprint density at radius 3 is 2.63 bits per heavy atom. The molecule has 3 N–H and O–H groups in total. The van der Waals surface area contributed by atoms with Crippen LogP contribution in [0, 0.1) is 11.2 Å². The third kappa shape index (κ3) is 2.72. The van der Waals surface area contributed by atoms with Gasteiger partial charge in [0.1, 0.15) is 5.82 Å². The van der Waals surface area contributed by atoms with E-state index in [1.165, 1.54) is 18.6 Å². The van der Waals surface area contributed by atoms with Gasteiger partial charge in [-0.3, -0.25) is 0 Å². The van der Waals surface area contributed by atoms with Crippen LogP contribution in [-0.4, -0.2) is 12.1 Å². The summed E-state index contributed by atoms with van der Waals surface area (Å²) in [6, 6.07) is 4.40. The topological polar surface area (TPSA) is 38.0 Å². The predicted molar refractivity (Wildman–Crippen MR) is 79.1 cm³/mol. The van der Waals surface area contributed by atoms with E-state index in [2.05, 4.69) is 19.2 Å². The fourth-order valence-electron chi connectivity index (χ4n) is 3.08. The molecule has 1 aromatic carbocycles. The monoisotopic (exact) mass is 284 g/mol. The first-order valence-corrected chi connectivity index (χ1v) is 7.21. The van der Waals surface area contributed by atoms with E-state index in [1.54, 1.807) is 6.07 Å². The minimum Gasteiger partial charge on any atom is -0.377 e. The van der Waals surface area contributed by atoms with Gasteiger partial charge < -0.3 is 11.1 Å². The lowest BCUT2D eigenvalue weighted by atomic mass is 9.63. The molecule has 1 unspecified atom stereocenters. The van der Waals surface area contributed by atoms with Crippen molar-refractivity contribution in [3.05, 3.63) is 29.0 Å². The van der Waals surface area contributed by atoms with E-state index in [0.29, 0.717) is 17.3 Å². The summed E-state index contributed by atoms with van der Waals surface area (Å²) in [5.41, 5.74) is 6.54. The van der Waals surface area contributed by atoms with Gasteiger partial charge in [-0.1, -0.05) is 38.3 Å². The number of nitrogens with two attached hydrogens (primary N) is 1. The molecule has 0 bridgehead atoms. The van der Waals surface area contributed by atoms with Gasteiger partial charge in [-0.25, -0.2) is 4.39 Å². The number of nitrogens with one attached hydrogen (secondary N) is 1. The van der Waals surface area contributed by atoms with Crippen LogP contribution in [0.3, 0.4) is 0 Å². The second kappa shape index (κ2) is 5.29. The number of rotatable bonds is 3. The quantitative estimate of drug-likeness (QED) is 0.873. The SMILES string of the molecule is CC1(C)CCCCC1(CN)Nc1cc(F)ccc1Cl. The fraction of sp³-hybridized carbons (Fsp3) is 0.600. The number of benzene rings is 1. The Kier molecular flexibility index (Phi) is 4.07. The van der Waals surface area contributed by atoms with Crippen molar-refractivity contribution in [3.8, 4) is 0 Å². The van der Waals surface area contributed by atoms with Gasteiger partial charge in [0.25, 0.3) is 0 Å². The predicted octanol–water partition coefficient (Wildman–Crippen LogP) is 4.19. The average Bonchev–Trinajstić information content (AvgIpc) is 2.36.